The lowest BCUT2D eigenvalue weighted by Gasteiger charge is -2.19. The first-order valence-corrected chi connectivity index (χ1v) is 13.7. The summed E-state index contributed by atoms with van der Waals surface area (Å²) < 4.78 is 88.2. The van der Waals surface area contributed by atoms with Crippen molar-refractivity contribution >= 4 is 50.4 Å². The lowest BCUT2D eigenvalue weighted by Crippen LogP contribution is -2.23. The number of hydrogen-bond acceptors (Lipinski definition) is 6. The molecule has 35 heavy (non-hydrogen) atoms. The summed E-state index contributed by atoms with van der Waals surface area (Å²) >= 11 is 7.95. The van der Waals surface area contributed by atoms with Gasteiger partial charge in [0.05, 0.1) is 20.5 Å². The van der Waals surface area contributed by atoms with E-state index in [9.17, 15) is 26.0 Å². The Balaban J connectivity index is 1.53. The monoisotopic (exact) mass is 566 g/mol. The van der Waals surface area contributed by atoms with Crippen LogP contribution in [-0.2, 0) is 16.2 Å². The molecule has 0 unspecified atom stereocenters. The number of rotatable bonds is 7. The van der Waals surface area contributed by atoms with Crippen molar-refractivity contribution in [2.24, 2.45) is 0 Å². The Kier molecular flexibility index (Phi) is 7.58. The highest BCUT2D eigenvalue weighted by Gasteiger charge is 2.36. The second-order valence-electron chi connectivity index (χ2n) is 7.86. The quantitative estimate of drug-likeness (QED) is 0.327. The zero-order valence-corrected chi connectivity index (χ0v) is 21.3. The van der Waals surface area contributed by atoms with Crippen LogP contribution in [0.25, 0.3) is 0 Å². The number of nitrogens with zero attached hydrogens (tertiary/aromatic N) is 1. The first-order chi connectivity index (χ1) is 16.4. The SMILES string of the molecule is CN1CC[C@@H](Oc2cc(NS(=O)(=O)c3ccc(Sc4ccc(F)c(Cl)c4)s3)ccc2C(F)(F)F)C1. The van der Waals surface area contributed by atoms with Crippen molar-refractivity contribution in [2.75, 3.05) is 24.9 Å². The van der Waals surface area contributed by atoms with E-state index in [-0.39, 0.29) is 14.9 Å². The largest absolute Gasteiger partial charge is 0.488 e. The number of ether oxygens (including phenoxy) is 1. The molecule has 3 aromatic rings. The first kappa shape index (κ1) is 26.1. The van der Waals surface area contributed by atoms with Crippen LogP contribution in [0.5, 0.6) is 5.75 Å². The van der Waals surface area contributed by atoms with Crippen molar-refractivity contribution in [3.8, 4) is 5.75 Å². The van der Waals surface area contributed by atoms with Crippen LogP contribution in [0.4, 0.5) is 23.2 Å². The number of benzene rings is 2. The van der Waals surface area contributed by atoms with E-state index >= 15 is 0 Å². The van der Waals surface area contributed by atoms with Gasteiger partial charge < -0.3 is 9.64 Å². The van der Waals surface area contributed by atoms with E-state index in [4.69, 9.17) is 16.3 Å². The van der Waals surface area contributed by atoms with Gasteiger partial charge in [-0.05, 0) is 55.9 Å². The number of sulfonamides is 1. The second kappa shape index (κ2) is 10.2. The molecule has 1 aliphatic heterocycles. The van der Waals surface area contributed by atoms with Crippen LogP contribution in [-0.4, -0.2) is 39.6 Å². The highest BCUT2D eigenvalue weighted by molar-refractivity contribution is 8.02. The van der Waals surface area contributed by atoms with E-state index in [1.807, 2.05) is 11.9 Å². The van der Waals surface area contributed by atoms with Gasteiger partial charge >= 0.3 is 6.18 Å². The van der Waals surface area contributed by atoms with Crippen molar-refractivity contribution in [3.63, 3.8) is 0 Å². The normalized spacial score (nSPS) is 17.0. The molecule has 2 heterocycles. The number of alkyl halides is 3. The van der Waals surface area contributed by atoms with Crippen LogP contribution < -0.4 is 9.46 Å². The Hall–Kier alpha value is -1.99. The van der Waals surface area contributed by atoms with Gasteiger partial charge in [-0.25, -0.2) is 12.8 Å². The van der Waals surface area contributed by atoms with Gasteiger partial charge in [0.15, 0.2) is 0 Å². The van der Waals surface area contributed by atoms with E-state index in [2.05, 4.69) is 4.72 Å². The van der Waals surface area contributed by atoms with Crippen LogP contribution in [0, 0.1) is 5.82 Å². The summed E-state index contributed by atoms with van der Waals surface area (Å²) in [5.74, 6) is -0.983. The fraction of sp³-hybridized carbons (Fsp3) is 0.273. The van der Waals surface area contributed by atoms with Gasteiger partial charge in [0.25, 0.3) is 10.0 Å². The molecule has 1 fully saturated rings. The summed E-state index contributed by atoms with van der Waals surface area (Å²) in [6.07, 6.45) is -4.51. The van der Waals surface area contributed by atoms with Gasteiger partial charge in [-0.2, -0.15) is 13.2 Å². The lowest BCUT2D eigenvalue weighted by molar-refractivity contribution is -0.139. The van der Waals surface area contributed by atoms with Gasteiger partial charge in [-0.3, -0.25) is 4.72 Å². The van der Waals surface area contributed by atoms with E-state index in [0.717, 1.165) is 29.5 Å². The number of halogens is 5. The molecule has 0 bridgehead atoms. The molecule has 4 rings (SSSR count). The van der Waals surface area contributed by atoms with Crippen LogP contribution in [0.1, 0.15) is 12.0 Å². The molecular weight excluding hydrogens is 548 g/mol. The minimum Gasteiger partial charge on any atom is -0.488 e. The average Bonchev–Trinajstić information content (AvgIpc) is 3.39. The fourth-order valence-corrected chi connectivity index (χ4v) is 7.35. The smallest absolute Gasteiger partial charge is 0.419 e. The number of anilines is 1. The molecule has 0 spiro atoms. The Morgan fingerprint density at radius 3 is 2.60 bits per heavy atom. The van der Waals surface area contributed by atoms with Crippen molar-refractivity contribution in [1.82, 2.24) is 4.90 Å². The summed E-state index contributed by atoms with van der Waals surface area (Å²) in [5, 5.41) is -0.0503. The van der Waals surface area contributed by atoms with E-state index in [1.165, 1.54) is 36.0 Å². The second-order valence-corrected chi connectivity index (χ2v) is 12.6. The molecule has 5 nitrogen and oxygen atoms in total. The van der Waals surface area contributed by atoms with E-state index < -0.39 is 39.4 Å². The third-order valence-corrected chi connectivity index (χ3v) is 9.48. The van der Waals surface area contributed by atoms with Gasteiger partial charge in [0, 0.05) is 24.1 Å². The van der Waals surface area contributed by atoms with Crippen LogP contribution in [0.3, 0.4) is 0 Å². The number of thiophene rings is 1. The highest BCUT2D eigenvalue weighted by atomic mass is 35.5. The highest BCUT2D eigenvalue weighted by Crippen LogP contribution is 2.40. The zero-order valence-electron chi connectivity index (χ0n) is 18.1. The van der Waals surface area contributed by atoms with Gasteiger partial charge in [0.2, 0.25) is 0 Å². The molecule has 13 heteroatoms. The molecule has 0 amide bonds. The molecule has 0 radical (unpaired) electrons. The Labute approximate surface area is 213 Å². The number of hydrogen-bond donors (Lipinski definition) is 1. The molecule has 1 aromatic heterocycles. The third-order valence-electron chi connectivity index (χ3n) is 5.11. The minimum absolute atomic E-state index is 0.0343. The predicted octanol–water partition coefficient (Wildman–Crippen LogP) is 6.59. The maximum Gasteiger partial charge on any atom is 0.419 e. The van der Waals surface area contributed by atoms with Gasteiger partial charge in [-0.1, -0.05) is 23.4 Å². The van der Waals surface area contributed by atoms with Crippen molar-refractivity contribution in [2.45, 2.75) is 32.0 Å². The number of likely N-dealkylation sites (tertiary alicyclic amines) is 1. The van der Waals surface area contributed by atoms with Crippen molar-refractivity contribution in [1.29, 1.82) is 0 Å². The third kappa shape index (κ3) is 6.42. The molecule has 1 N–H and O–H groups in total. The van der Waals surface area contributed by atoms with E-state index in [0.29, 0.717) is 28.6 Å². The number of likely N-dealkylation sites (N-methyl/N-ethyl adjacent to an activating group) is 1. The molecule has 188 valence electrons. The molecular formula is C22H19ClF4N2O3S3. The van der Waals surface area contributed by atoms with E-state index in [1.54, 1.807) is 6.07 Å². The number of nitrogens with one attached hydrogen (secondary N) is 1. The Morgan fingerprint density at radius 1 is 1.17 bits per heavy atom. The maximum atomic E-state index is 13.5. The lowest BCUT2D eigenvalue weighted by atomic mass is 10.1. The molecule has 1 aliphatic rings. The molecule has 1 saturated heterocycles. The Morgan fingerprint density at radius 2 is 1.94 bits per heavy atom. The summed E-state index contributed by atoms with van der Waals surface area (Å²) in [6.45, 7) is 1.17. The van der Waals surface area contributed by atoms with Gasteiger partial charge in [0.1, 0.15) is 21.9 Å². The summed E-state index contributed by atoms with van der Waals surface area (Å²) in [4.78, 5) is 2.56. The summed E-state index contributed by atoms with van der Waals surface area (Å²) in [6, 6.07) is 10.0. The standard InChI is InChI=1S/C22H19ClF4N2O3S3/c1-29-9-8-14(12-29)32-19-10-13(2-4-16(19)22(25,26)27)28-35(30,31)21-7-6-20(34-21)33-15-3-5-18(24)17(23)11-15/h2-7,10-11,14,28H,8-9,12H2,1H3/t14-/m1/s1. The topological polar surface area (TPSA) is 58.6 Å². The predicted molar refractivity (Wildman–Crippen MR) is 129 cm³/mol. The molecule has 2 aromatic carbocycles. The van der Waals surface area contributed by atoms with Crippen molar-refractivity contribution in [3.05, 3.63) is 64.9 Å². The van der Waals surface area contributed by atoms with Crippen LogP contribution >= 0.6 is 34.7 Å². The van der Waals surface area contributed by atoms with Crippen molar-refractivity contribution < 1.29 is 30.7 Å². The molecule has 1 atom stereocenters. The Bertz CT molecular complexity index is 1330. The minimum atomic E-state index is -4.65. The molecule has 0 aliphatic carbocycles. The zero-order chi connectivity index (χ0) is 25.4. The fourth-order valence-electron chi connectivity index (χ4n) is 3.45. The van der Waals surface area contributed by atoms with Crippen LogP contribution in [0.15, 0.2) is 61.8 Å². The van der Waals surface area contributed by atoms with Crippen LogP contribution in [0.2, 0.25) is 5.02 Å². The summed E-state index contributed by atoms with van der Waals surface area (Å²) in [7, 11) is -2.23. The maximum absolute atomic E-state index is 13.5. The molecule has 0 saturated carbocycles. The average molecular weight is 567 g/mol. The van der Waals surface area contributed by atoms with Gasteiger partial charge in [-0.15, -0.1) is 11.3 Å². The summed E-state index contributed by atoms with van der Waals surface area (Å²) in [5.41, 5.74) is -1.02. The first-order valence-electron chi connectivity index (χ1n) is 10.2.